The van der Waals surface area contributed by atoms with Crippen LogP contribution in [0.2, 0.25) is 0 Å². The van der Waals surface area contributed by atoms with Gasteiger partial charge in [-0.05, 0) is 18.2 Å². The maximum Gasteiger partial charge on any atom is 0.263 e. The van der Waals surface area contributed by atoms with Crippen molar-refractivity contribution < 1.29 is 19.2 Å². The van der Waals surface area contributed by atoms with Gasteiger partial charge in [-0.1, -0.05) is 53.8 Å². The van der Waals surface area contributed by atoms with Gasteiger partial charge in [0.2, 0.25) is 5.52 Å². The highest BCUT2D eigenvalue weighted by atomic mass is 32.1. The summed E-state index contributed by atoms with van der Waals surface area (Å²) in [4.78, 5) is 12.9. The fourth-order valence-electron chi connectivity index (χ4n) is 3.55. The van der Waals surface area contributed by atoms with Crippen molar-refractivity contribution in [3.8, 4) is 11.5 Å². The number of benzene rings is 3. The molecule has 0 unspecified atom stereocenters. The Morgan fingerprint density at radius 3 is 2.52 bits per heavy atom. The van der Waals surface area contributed by atoms with Gasteiger partial charge in [-0.25, -0.2) is 0 Å². The minimum absolute atomic E-state index is 0.214. The second kappa shape index (κ2) is 7.74. The highest BCUT2D eigenvalue weighted by molar-refractivity contribution is 7.18. The first-order valence-corrected chi connectivity index (χ1v) is 10.5. The molecule has 0 saturated heterocycles. The SMILES string of the molecule is O=c1c(/C=C/c2sc3ccccc3[n+]2Cc2ccccc2)coc2cc(O)c(O)cc12. The number of para-hydroxylation sites is 1. The summed E-state index contributed by atoms with van der Waals surface area (Å²) >= 11 is 1.65. The minimum atomic E-state index is -0.355. The molecule has 3 aromatic carbocycles. The Morgan fingerprint density at radius 1 is 0.935 bits per heavy atom. The first kappa shape index (κ1) is 19.1. The molecule has 0 fully saturated rings. The quantitative estimate of drug-likeness (QED) is 0.315. The molecule has 0 aliphatic carbocycles. The molecule has 152 valence electrons. The third kappa shape index (κ3) is 3.58. The van der Waals surface area contributed by atoms with E-state index in [9.17, 15) is 15.0 Å². The van der Waals surface area contributed by atoms with Crippen LogP contribution in [0.4, 0.5) is 0 Å². The zero-order valence-electron chi connectivity index (χ0n) is 16.4. The number of phenolic OH excluding ortho intramolecular Hbond substituents is 2. The summed E-state index contributed by atoms with van der Waals surface area (Å²) in [5.41, 5.74) is 2.62. The van der Waals surface area contributed by atoms with Gasteiger partial charge < -0.3 is 14.6 Å². The summed E-state index contributed by atoms with van der Waals surface area (Å²) in [6.45, 7) is 0.712. The fourth-order valence-corrected chi connectivity index (χ4v) is 4.61. The van der Waals surface area contributed by atoms with Crippen LogP contribution in [0, 0.1) is 0 Å². The molecule has 2 aromatic heterocycles. The van der Waals surface area contributed by atoms with Gasteiger partial charge in [0, 0.05) is 23.8 Å². The molecule has 0 atom stereocenters. The van der Waals surface area contributed by atoms with Crippen LogP contribution in [0.25, 0.3) is 33.3 Å². The third-order valence-corrected chi connectivity index (χ3v) is 6.25. The molecule has 0 aliphatic rings. The Morgan fingerprint density at radius 2 is 1.68 bits per heavy atom. The van der Waals surface area contributed by atoms with Crippen LogP contribution in [-0.4, -0.2) is 10.2 Å². The van der Waals surface area contributed by atoms with Crippen molar-refractivity contribution >= 4 is 44.7 Å². The second-order valence-corrected chi connectivity index (χ2v) is 8.23. The van der Waals surface area contributed by atoms with Crippen molar-refractivity contribution in [2.75, 3.05) is 0 Å². The van der Waals surface area contributed by atoms with Gasteiger partial charge in [0.15, 0.2) is 23.5 Å². The Labute approximate surface area is 181 Å². The van der Waals surface area contributed by atoms with Crippen molar-refractivity contribution in [1.82, 2.24) is 0 Å². The molecule has 31 heavy (non-hydrogen) atoms. The predicted octanol–water partition coefficient (Wildman–Crippen LogP) is 4.93. The summed E-state index contributed by atoms with van der Waals surface area (Å²) in [6, 6.07) is 20.9. The van der Waals surface area contributed by atoms with Gasteiger partial charge in [0.25, 0.3) is 5.01 Å². The largest absolute Gasteiger partial charge is 0.504 e. The number of aromatic hydroxyl groups is 2. The molecule has 6 heteroatoms. The number of hydrogen-bond acceptors (Lipinski definition) is 5. The maximum absolute atomic E-state index is 12.9. The molecule has 0 amide bonds. The van der Waals surface area contributed by atoms with Crippen LogP contribution in [-0.2, 0) is 6.54 Å². The van der Waals surface area contributed by atoms with Crippen LogP contribution in [0.3, 0.4) is 0 Å². The summed E-state index contributed by atoms with van der Waals surface area (Å²) in [5, 5.41) is 20.6. The molecule has 0 radical (unpaired) electrons. The summed E-state index contributed by atoms with van der Waals surface area (Å²) in [6.07, 6.45) is 5.00. The zero-order valence-corrected chi connectivity index (χ0v) is 17.2. The van der Waals surface area contributed by atoms with E-state index in [0.29, 0.717) is 12.1 Å². The molecule has 0 spiro atoms. The van der Waals surface area contributed by atoms with E-state index in [0.717, 1.165) is 15.2 Å². The standard InChI is InChI=1S/C25H17NO4S/c27-20-12-18-22(13-21(20)28)30-15-17(25(18)29)10-11-24-26(14-16-6-2-1-3-7-16)19-8-4-5-9-23(19)31-24/h1-13,15H,14H2,(H-,27,28,29)/p+1/b11-10+. The monoisotopic (exact) mass is 428 g/mol. The normalized spacial score (nSPS) is 11.6. The van der Waals surface area contributed by atoms with Gasteiger partial charge in [-0.3, -0.25) is 4.79 Å². The van der Waals surface area contributed by atoms with Crippen LogP contribution in [0.15, 0.2) is 82.2 Å². The van der Waals surface area contributed by atoms with Crippen molar-refractivity contribution in [2.45, 2.75) is 6.54 Å². The van der Waals surface area contributed by atoms with Gasteiger partial charge in [-0.15, -0.1) is 0 Å². The van der Waals surface area contributed by atoms with Gasteiger partial charge >= 0.3 is 0 Å². The third-order valence-electron chi connectivity index (χ3n) is 5.12. The van der Waals surface area contributed by atoms with Crippen LogP contribution < -0.4 is 10.00 Å². The first-order chi connectivity index (χ1) is 15.1. The maximum atomic E-state index is 12.9. The van der Waals surface area contributed by atoms with Crippen molar-refractivity contribution in [3.63, 3.8) is 0 Å². The Balaban J connectivity index is 1.59. The van der Waals surface area contributed by atoms with E-state index in [-0.39, 0.29) is 27.9 Å². The number of hydrogen-bond donors (Lipinski definition) is 2. The molecule has 0 aliphatic heterocycles. The average Bonchev–Trinajstić information content (AvgIpc) is 3.13. The molecular formula is C25H18NO4S+. The predicted molar refractivity (Wildman–Crippen MR) is 122 cm³/mol. The lowest BCUT2D eigenvalue weighted by Crippen LogP contribution is -2.35. The van der Waals surface area contributed by atoms with Gasteiger partial charge in [0.1, 0.15) is 16.5 Å². The number of phenols is 2. The van der Waals surface area contributed by atoms with E-state index in [2.05, 4.69) is 28.8 Å². The molecular weight excluding hydrogens is 410 g/mol. The van der Waals surface area contributed by atoms with E-state index in [1.807, 2.05) is 36.4 Å². The highest BCUT2D eigenvalue weighted by Gasteiger charge is 2.19. The van der Waals surface area contributed by atoms with E-state index in [1.54, 1.807) is 17.4 Å². The molecule has 5 nitrogen and oxygen atoms in total. The smallest absolute Gasteiger partial charge is 0.263 e. The fraction of sp³-hybridized carbons (Fsp3) is 0.0400. The minimum Gasteiger partial charge on any atom is -0.504 e. The first-order valence-electron chi connectivity index (χ1n) is 9.71. The second-order valence-electron chi connectivity index (χ2n) is 7.17. The van der Waals surface area contributed by atoms with E-state index in [1.165, 1.54) is 24.0 Å². The highest BCUT2D eigenvalue weighted by Crippen LogP contribution is 2.29. The molecule has 5 aromatic rings. The average molecular weight is 428 g/mol. The van der Waals surface area contributed by atoms with E-state index >= 15 is 0 Å². The zero-order chi connectivity index (χ0) is 21.4. The van der Waals surface area contributed by atoms with Crippen molar-refractivity contribution in [3.05, 3.63) is 99.4 Å². The van der Waals surface area contributed by atoms with E-state index < -0.39 is 0 Å². The van der Waals surface area contributed by atoms with Gasteiger partial charge in [0.05, 0.1) is 10.9 Å². The number of thiazole rings is 1. The lowest BCUT2D eigenvalue weighted by Gasteiger charge is -2.01. The summed E-state index contributed by atoms with van der Waals surface area (Å²) in [5.74, 6) is -0.683. The van der Waals surface area contributed by atoms with Crippen LogP contribution in [0.1, 0.15) is 16.1 Å². The Hall–Kier alpha value is -3.90. The van der Waals surface area contributed by atoms with Crippen molar-refractivity contribution in [1.29, 1.82) is 0 Å². The molecule has 5 rings (SSSR count). The summed E-state index contributed by atoms with van der Waals surface area (Å²) < 4.78 is 8.88. The number of rotatable bonds is 4. The van der Waals surface area contributed by atoms with Crippen molar-refractivity contribution in [2.24, 2.45) is 0 Å². The molecule has 2 N–H and O–H groups in total. The lowest BCUT2D eigenvalue weighted by atomic mass is 10.1. The number of fused-ring (bicyclic) bond motifs is 2. The Bertz CT molecular complexity index is 1500. The van der Waals surface area contributed by atoms with E-state index in [4.69, 9.17) is 4.42 Å². The summed E-state index contributed by atoms with van der Waals surface area (Å²) in [7, 11) is 0. The molecule has 0 bridgehead atoms. The topological polar surface area (TPSA) is 74.6 Å². The molecule has 2 heterocycles. The number of aromatic nitrogens is 1. The lowest BCUT2D eigenvalue weighted by molar-refractivity contribution is -0.659. The van der Waals surface area contributed by atoms with Crippen LogP contribution in [0.5, 0.6) is 11.5 Å². The Kier molecular flexibility index (Phi) is 4.76. The molecule has 0 saturated carbocycles. The van der Waals surface area contributed by atoms with Crippen LogP contribution >= 0.6 is 11.3 Å². The number of nitrogens with zero attached hydrogens (tertiary/aromatic N) is 1. The van der Waals surface area contributed by atoms with Gasteiger partial charge in [-0.2, -0.15) is 4.57 Å².